The van der Waals surface area contributed by atoms with Gasteiger partial charge in [0, 0.05) is 13.0 Å². The lowest BCUT2D eigenvalue weighted by Crippen LogP contribution is -2.41. The Morgan fingerprint density at radius 3 is 2.20 bits per heavy atom. The lowest BCUT2D eigenvalue weighted by molar-refractivity contribution is -0.140. The number of carbonyl (C=O) groups is 1. The van der Waals surface area contributed by atoms with Crippen LogP contribution in [-0.2, 0) is 9.53 Å². The van der Waals surface area contributed by atoms with Crippen molar-refractivity contribution in [3.8, 4) is 0 Å². The summed E-state index contributed by atoms with van der Waals surface area (Å²) in [5.41, 5.74) is -1.05. The van der Waals surface area contributed by atoms with Crippen molar-refractivity contribution in [2.24, 2.45) is 17.3 Å². The van der Waals surface area contributed by atoms with Crippen LogP contribution in [0.15, 0.2) is 0 Å². The molecular formula is C11H20O4. The van der Waals surface area contributed by atoms with E-state index in [-0.39, 0.29) is 11.3 Å². The molecule has 88 valence electrons. The Morgan fingerprint density at radius 2 is 1.93 bits per heavy atom. The molecule has 1 aliphatic carbocycles. The first-order valence-electron chi connectivity index (χ1n) is 5.12. The van der Waals surface area contributed by atoms with Crippen LogP contribution in [0, 0.1) is 17.3 Å². The molecule has 0 aromatic rings. The number of hydrogen-bond acceptors (Lipinski definition) is 3. The molecule has 0 bridgehead atoms. The van der Waals surface area contributed by atoms with E-state index in [4.69, 9.17) is 9.84 Å². The maximum Gasteiger partial charge on any atom is 0.307 e. The molecule has 0 aromatic heterocycles. The number of rotatable bonds is 4. The summed E-state index contributed by atoms with van der Waals surface area (Å²) in [4.78, 5) is 11.0. The van der Waals surface area contributed by atoms with E-state index in [0.29, 0.717) is 0 Å². The predicted octanol–water partition coefficient (Wildman–Crippen LogP) is 1.13. The Kier molecular flexibility index (Phi) is 2.87. The predicted molar refractivity (Wildman–Crippen MR) is 55.5 cm³/mol. The second-order valence-electron chi connectivity index (χ2n) is 5.42. The zero-order chi connectivity index (χ0) is 12.0. The van der Waals surface area contributed by atoms with Gasteiger partial charge in [-0.2, -0.15) is 0 Å². The molecule has 3 atom stereocenters. The van der Waals surface area contributed by atoms with Gasteiger partial charge < -0.3 is 14.9 Å². The lowest BCUT2D eigenvalue weighted by Gasteiger charge is -2.30. The van der Waals surface area contributed by atoms with E-state index in [1.54, 1.807) is 13.8 Å². The molecule has 15 heavy (non-hydrogen) atoms. The highest BCUT2D eigenvalue weighted by molar-refractivity contribution is 5.75. The van der Waals surface area contributed by atoms with E-state index in [1.807, 2.05) is 13.8 Å². The number of carboxylic acid groups (broad SMARTS) is 1. The SMILES string of the molecule is COC(C)(C)C(O)C1C(C(=O)O)C1(C)C. The van der Waals surface area contributed by atoms with E-state index in [1.165, 1.54) is 7.11 Å². The molecule has 0 aromatic carbocycles. The molecule has 0 aliphatic heterocycles. The summed E-state index contributed by atoms with van der Waals surface area (Å²) >= 11 is 0. The topological polar surface area (TPSA) is 66.8 Å². The lowest BCUT2D eigenvalue weighted by atomic mass is 9.93. The van der Waals surface area contributed by atoms with Gasteiger partial charge in [0.25, 0.3) is 0 Å². The minimum Gasteiger partial charge on any atom is -0.481 e. The van der Waals surface area contributed by atoms with Crippen LogP contribution in [0.5, 0.6) is 0 Å². The van der Waals surface area contributed by atoms with Crippen LogP contribution in [-0.4, -0.2) is 35.0 Å². The van der Waals surface area contributed by atoms with Crippen LogP contribution in [0.1, 0.15) is 27.7 Å². The number of aliphatic hydroxyl groups is 1. The van der Waals surface area contributed by atoms with Crippen LogP contribution < -0.4 is 0 Å². The average molecular weight is 216 g/mol. The fraction of sp³-hybridized carbons (Fsp3) is 0.909. The number of carboxylic acids is 1. The highest BCUT2D eigenvalue weighted by Crippen LogP contribution is 2.61. The molecule has 1 fully saturated rings. The minimum atomic E-state index is -0.837. The Bertz CT molecular complexity index is 270. The number of ether oxygens (including phenoxy) is 1. The first-order chi connectivity index (χ1) is 6.66. The maximum absolute atomic E-state index is 11.0. The van der Waals surface area contributed by atoms with Crippen molar-refractivity contribution in [2.45, 2.75) is 39.4 Å². The third-order valence-corrected chi connectivity index (χ3v) is 3.76. The Morgan fingerprint density at radius 1 is 1.47 bits per heavy atom. The van der Waals surface area contributed by atoms with Gasteiger partial charge in [-0.15, -0.1) is 0 Å². The number of aliphatic carboxylic acids is 1. The highest BCUT2D eigenvalue weighted by Gasteiger charge is 2.67. The van der Waals surface area contributed by atoms with Gasteiger partial charge in [0.2, 0.25) is 0 Å². The first kappa shape index (κ1) is 12.5. The quantitative estimate of drug-likeness (QED) is 0.739. The zero-order valence-electron chi connectivity index (χ0n) is 9.94. The summed E-state index contributed by atoms with van der Waals surface area (Å²) in [7, 11) is 1.52. The molecule has 0 saturated heterocycles. The molecule has 0 amide bonds. The van der Waals surface area contributed by atoms with Crippen LogP contribution in [0.25, 0.3) is 0 Å². The molecular weight excluding hydrogens is 196 g/mol. The third kappa shape index (κ3) is 1.88. The van der Waals surface area contributed by atoms with Crippen molar-refractivity contribution in [3.05, 3.63) is 0 Å². The van der Waals surface area contributed by atoms with Gasteiger partial charge in [-0.25, -0.2) is 0 Å². The highest BCUT2D eigenvalue weighted by atomic mass is 16.5. The fourth-order valence-corrected chi connectivity index (χ4v) is 2.29. The van der Waals surface area contributed by atoms with Crippen molar-refractivity contribution in [3.63, 3.8) is 0 Å². The summed E-state index contributed by atoms with van der Waals surface area (Å²) in [6.45, 7) is 7.27. The monoisotopic (exact) mass is 216 g/mol. The van der Waals surface area contributed by atoms with Crippen LogP contribution in [0.3, 0.4) is 0 Å². The Balaban J connectivity index is 2.80. The molecule has 4 heteroatoms. The van der Waals surface area contributed by atoms with Crippen LogP contribution in [0.2, 0.25) is 0 Å². The van der Waals surface area contributed by atoms with Gasteiger partial charge in [0.15, 0.2) is 0 Å². The van der Waals surface area contributed by atoms with E-state index >= 15 is 0 Å². The molecule has 0 heterocycles. The van der Waals surface area contributed by atoms with E-state index in [9.17, 15) is 9.90 Å². The fourth-order valence-electron chi connectivity index (χ4n) is 2.29. The summed E-state index contributed by atoms with van der Waals surface area (Å²) in [5.74, 6) is -1.54. The molecule has 3 unspecified atom stereocenters. The van der Waals surface area contributed by atoms with E-state index in [0.717, 1.165) is 0 Å². The first-order valence-corrected chi connectivity index (χ1v) is 5.12. The molecule has 2 N–H and O–H groups in total. The normalized spacial score (nSPS) is 31.1. The smallest absolute Gasteiger partial charge is 0.307 e. The molecule has 0 radical (unpaired) electrons. The van der Waals surface area contributed by atoms with Gasteiger partial charge in [0.05, 0.1) is 17.6 Å². The van der Waals surface area contributed by atoms with Gasteiger partial charge in [-0.1, -0.05) is 13.8 Å². The molecule has 1 aliphatic rings. The largest absolute Gasteiger partial charge is 0.481 e. The van der Waals surface area contributed by atoms with Crippen molar-refractivity contribution in [1.82, 2.24) is 0 Å². The average Bonchev–Trinajstić information content (AvgIpc) is 2.67. The molecule has 1 saturated carbocycles. The van der Waals surface area contributed by atoms with Gasteiger partial charge >= 0.3 is 5.97 Å². The summed E-state index contributed by atoms with van der Waals surface area (Å²) in [6.07, 6.45) is -0.751. The summed E-state index contributed by atoms with van der Waals surface area (Å²) < 4.78 is 5.18. The molecule has 1 rings (SSSR count). The second kappa shape index (κ2) is 3.46. The van der Waals surface area contributed by atoms with Crippen molar-refractivity contribution in [2.75, 3.05) is 7.11 Å². The van der Waals surface area contributed by atoms with E-state index in [2.05, 4.69) is 0 Å². The Hall–Kier alpha value is -0.610. The van der Waals surface area contributed by atoms with E-state index < -0.39 is 23.6 Å². The Labute approximate surface area is 90.2 Å². The third-order valence-electron chi connectivity index (χ3n) is 3.76. The summed E-state index contributed by atoms with van der Waals surface area (Å²) in [6, 6.07) is 0. The summed E-state index contributed by atoms with van der Waals surface area (Å²) in [5, 5.41) is 19.1. The standard InChI is InChI=1S/C11H20O4/c1-10(2)6(7(10)9(13)14)8(12)11(3,4)15-5/h6-8,12H,1-5H3,(H,13,14). The number of methoxy groups -OCH3 is 1. The number of hydrogen-bond donors (Lipinski definition) is 2. The zero-order valence-corrected chi connectivity index (χ0v) is 9.94. The molecule has 4 nitrogen and oxygen atoms in total. The second-order valence-corrected chi connectivity index (χ2v) is 5.42. The maximum atomic E-state index is 11.0. The van der Waals surface area contributed by atoms with Crippen molar-refractivity contribution < 1.29 is 19.7 Å². The van der Waals surface area contributed by atoms with Gasteiger partial charge in [-0.05, 0) is 19.3 Å². The van der Waals surface area contributed by atoms with Crippen LogP contribution >= 0.6 is 0 Å². The van der Waals surface area contributed by atoms with Gasteiger partial charge in [-0.3, -0.25) is 4.79 Å². The van der Waals surface area contributed by atoms with Crippen molar-refractivity contribution >= 4 is 5.97 Å². The van der Waals surface area contributed by atoms with Crippen LogP contribution in [0.4, 0.5) is 0 Å². The van der Waals surface area contributed by atoms with Crippen molar-refractivity contribution in [1.29, 1.82) is 0 Å². The molecule has 0 spiro atoms. The minimum absolute atomic E-state index is 0.232. The number of aliphatic hydroxyl groups excluding tert-OH is 1. The van der Waals surface area contributed by atoms with Gasteiger partial charge in [0.1, 0.15) is 0 Å².